The molecule has 0 amide bonds. The van der Waals surface area contributed by atoms with Crippen LogP contribution in [0.15, 0.2) is 48.7 Å². The van der Waals surface area contributed by atoms with Crippen molar-refractivity contribution in [2.24, 2.45) is 0 Å². The molecule has 0 radical (unpaired) electrons. The van der Waals surface area contributed by atoms with Crippen molar-refractivity contribution in [3.63, 3.8) is 0 Å². The Morgan fingerprint density at radius 3 is 2.86 bits per heavy atom. The number of piperidine rings is 1. The maximum atomic E-state index is 6.29. The van der Waals surface area contributed by atoms with E-state index in [4.69, 9.17) is 11.2 Å². The molecule has 2 aliphatic heterocycles. The van der Waals surface area contributed by atoms with E-state index < -0.39 is 0 Å². The Morgan fingerprint density at radius 1 is 1.24 bits per heavy atom. The molecule has 2 aromatic carbocycles. The van der Waals surface area contributed by atoms with E-state index >= 15 is 0 Å². The summed E-state index contributed by atoms with van der Waals surface area (Å²) in [5.74, 6) is 2.95. The number of ether oxygens (including phenoxy) is 1. The van der Waals surface area contributed by atoms with Crippen molar-refractivity contribution in [1.82, 2.24) is 9.88 Å². The van der Waals surface area contributed by atoms with Crippen LogP contribution in [0.1, 0.15) is 54.0 Å². The number of aryl methyl sites for hydroxylation is 1. The first-order chi connectivity index (χ1) is 14.2. The molecule has 1 N–H and O–H groups in total. The fourth-order valence-corrected chi connectivity index (χ4v) is 5.36. The van der Waals surface area contributed by atoms with Crippen molar-refractivity contribution < 1.29 is 4.74 Å². The topological polar surface area (TPSA) is 28.3 Å². The van der Waals surface area contributed by atoms with Gasteiger partial charge in [-0.05, 0) is 61.4 Å². The highest BCUT2D eigenvalue weighted by molar-refractivity contribution is 5.88. The van der Waals surface area contributed by atoms with E-state index in [-0.39, 0.29) is 5.60 Å². The van der Waals surface area contributed by atoms with Gasteiger partial charge in [0.05, 0.1) is 5.60 Å². The van der Waals surface area contributed by atoms with E-state index in [1.165, 1.54) is 40.4 Å². The Hall–Kier alpha value is -2.54. The fourth-order valence-electron chi connectivity index (χ4n) is 5.36. The first-order valence-electron chi connectivity index (χ1n) is 10.7. The molecule has 2 atom stereocenters. The minimum Gasteiger partial charge on any atom is -0.375 e. The van der Waals surface area contributed by atoms with Gasteiger partial charge in [0.15, 0.2) is 0 Å². The second-order valence-corrected chi connectivity index (χ2v) is 8.62. The molecule has 148 valence electrons. The van der Waals surface area contributed by atoms with Crippen molar-refractivity contribution in [2.45, 2.75) is 50.8 Å². The van der Waals surface area contributed by atoms with Gasteiger partial charge in [-0.25, -0.2) is 0 Å². The molecule has 0 bridgehead atoms. The lowest BCUT2D eigenvalue weighted by Gasteiger charge is -2.45. The van der Waals surface area contributed by atoms with Gasteiger partial charge in [-0.1, -0.05) is 36.3 Å². The number of likely N-dealkylation sites (tertiary alicyclic amines) is 1. The summed E-state index contributed by atoms with van der Waals surface area (Å²) in [6.07, 6.45) is 12.5. The molecule has 3 heterocycles. The first kappa shape index (κ1) is 18.5. The monoisotopic (exact) mass is 384 g/mol. The zero-order valence-corrected chi connectivity index (χ0v) is 17.1. The van der Waals surface area contributed by atoms with E-state index in [1.54, 1.807) is 0 Å². The van der Waals surface area contributed by atoms with Crippen molar-refractivity contribution >= 4 is 10.9 Å². The lowest BCUT2D eigenvalue weighted by molar-refractivity contribution is -0.0675. The molecule has 0 aliphatic carbocycles. The van der Waals surface area contributed by atoms with Gasteiger partial charge in [0, 0.05) is 48.4 Å². The molecular weight excluding hydrogens is 356 g/mol. The van der Waals surface area contributed by atoms with Crippen LogP contribution < -0.4 is 0 Å². The fraction of sp³-hybridized carbons (Fsp3) is 0.385. The Labute approximate surface area is 173 Å². The van der Waals surface area contributed by atoms with Gasteiger partial charge < -0.3 is 9.72 Å². The number of hydrogen-bond donors (Lipinski definition) is 1. The number of nitrogens with zero attached hydrogens (tertiary/aromatic N) is 1. The lowest BCUT2D eigenvalue weighted by Crippen LogP contribution is -2.45. The van der Waals surface area contributed by atoms with Gasteiger partial charge in [0.25, 0.3) is 0 Å². The molecule has 2 fully saturated rings. The highest BCUT2D eigenvalue weighted by Gasteiger charge is 2.43. The largest absolute Gasteiger partial charge is 0.375 e. The van der Waals surface area contributed by atoms with Gasteiger partial charge in [0.1, 0.15) is 0 Å². The minimum atomic E-state index is 0.0582. The van der Waals surface area contributed by atoms with Crippen LogP contribution in [0, 0.1) is 19.3 Å². The van der Waals surface area contributed by atoms with Crippen LogP contribution in [0.5, 0.6) is 0 Å². The number of terminal acetylenes is 1. The summed E-state index contributed by atoms with van der Waals surface area (Å²) < 4.78 is 6.29. The average molecular weight is 385 g/mol. The third-order valence-electron chi connectivity index (χ3n) is 6.90. The van der Waals surface area contributed by atoms with Gasteiger partial charge in [0.2, 0.25) is 0 Å². The quantitative estimate of drug-likeness (QED) is 0.617. The molecule has 3 nitrogen and oxygen atoms in total. The molecule has 0 unspecified atom stereocenters. The number of rotatable bonds is 3. The van der Waals surface area contributed by atoms with Crippen molar-refractivity contribution in [3.05, 3.63) is 70.9 Å². The predicted molar refractivity (Wildman–Crippen MR) is 118 cm³/mol. The third kappa shape index (κ3) is 3.27. The summed E-state index contributed by atoms with van der Waals surface area (Å²) in [4.78, 5) is 6.00. The summed E-state index contributed by atoms with van der Waals surface area (Å²) in [6.45, 7) is 4.93. The van der Waals surface area contributed by atoms with Crippen LogP contribution >= 0.6 is 0 Å². The zero-order valence-electron chi connectivity index (χ0n) is 17.1. The molecule has 1 spiro atoms. The molecule has 2 saturated heterocycles. The average Bonchev–Trinajstić information content (AvgIpc) is 3.42. The van der Waals surface area contributed by atoms with Crippen LogP contribution in [0.4, 0.5) is 0 Å². The van der Waals surface area contributed by atoms with Gasteiger partial charge in [-0.3, -0.25) is 4.90 Å². The standard InChI is InChI=1S/C26H28N2O/c1-3-20-16-19(2)25-22(10-13-27-25)23(20)18-28-14-12-26(11-7-15-29-26)17-24(28)21-8-5-4-6-9-21/h1,4-6,8-10,13,16,24,27H,7,11-12,14-15,17-18H2,2H3/t24-,26-/m0/s1. The number of nitrogens with one attached hydrogen (secondary N) is 1. The van der Waals surface area contributed by atoms with Crippen LogP contribution in [0.25, 0.3) is 10.9 Å². The molecule has 29 heavy (non-hydrogen) atoms. The number of aromatic amines is 1. The molecule has 1 aromatic heterocycles. The minimum absolute atomic E-state index is 0.0582. The Balaban J connectivity index is 1.53. The molecule has 3 aromatic rings. The van der Waals surface area contributed by atoms with Crippen LogP contribution in [0.2, 0.25) is 0 Å². The van der Waals surface area contributed by atoms with E-state index in [9.17, 15) is 0 Å². The molecule has 3 heteroatoms. The second-order valence-electron chi connectivity index (χ2n) is 8.62. The summed E-state index contributed by atoms with van der Waals surface area (Å²) in [5.41, 5.74) is 6.11. The molecular formula is C26H28N2O. The zero-order chi connectivity index (χ0) is 19.8. The highest BCUT2D eigenvalue weighted by atomic mass is 16.5. The second kappa shape index (κ2) is 7.37. The third-order valence-corrected chi connectivity index (χ3v) is 6.90. The van der Waals surface area contributed by atoms with Gasteiger partial charge >= 0.3 is 0 Å². The predicted octanol–water partition coefficient (Wildman–Crippen LogP) is 5.34. The Morgan fingerprint density at radius 2 is 2.10 bits per heavy atom. The lowest BCUT2D eigenvalue weighted by atomic mass is 9.81. The van der Waals surface area contributed by atoms with E-state index in [1.807, 2.05) is 6.20 Å². The summed E-state index contributed by atoms with van der Waals surface area (Å²) >= 11 is 0. The maximum Gasteiger partial charge on any atom is 0.0713 e. The van der Waals surface area contributed by atoms with Gasteiger partial charge in [-0.2, -0.15) is 0 Å². The number of H-pyrrole nitrogens is 1. The number of benzene rings is 2. The van der Waals surface area contributed by atoms with Crippen LogP contribution in [0.3, 0.4) is 0 Å². The SMILES string of the molecule is C#Cc1cc(C)c2[nH]ccc2c1CN1CC[C@@]2(CCCO2)C[C@H]1c1ccccc1. The molecule has 0 saturated carbocycles. The first-order valence-corrected chi connectivity index (χ1v) is 10.7. The van der Waals surface area contributed by atoms with Crippen LogP contribution in [-0.4, -0.2) is 28.6 Å². The molecule has 2 aliphatic rings. The Bertz CT molecular complexity index is 1050. The van der Waals surface area contributed by atoms with E-state index in [0.29, 0.717) is 6.04 Å². The van der Waals surface area contributed by atoms with Crippen LogP contribution in [-0.2, 0) is 11.3 Å². The smallest absolute Gasteiger partial charge is 0.0713 e. The van der Waals surface area contributed by atoms with Crippen molar-refractivity contribution in [1.29, 1.82) is 0 Å². The van der Waals surface area contributed by atoms with E-state index in [2.05, 4.69) is 65.2 Å². The van der Waals surface area contributed by atoms with Crippen molar-refractivity contribution in [3.8, 4) is 12.3 Å². The summed E-state index contributed by atoms with van der Waals surface area (Å²) in [6, 6.07) is 15.6. The number of hydrogen-bond acceptors (Lipinski definition) is 2. The number of aromatic nitrogens is 1. The number of fused-ring (bicyclic) bond motifs is 1. The van der Waals surface area contributed by atoms with E-state index in [0.717, 1.165) is 38.1 Å². The Kier molecular flexibility index (Phi) is 4.70. The maximum absolute atomic E-state index is 6.29. The molecule has 5 rings (SSSR count). The summed E-state index contributed by atoms with van der Waals surface area (Å²) in [5, 5.41) is 1.25. The summed E-state index contributed by atoms with van der Waals surface area (Å²) in [7, 11) is 0. The normalized spacial score (nSPS) is 24.9. The highest BCUT2D eigenvalue weighted by Crippen LogP contribution is 2.44. The van der Waals surface area contributed by atoms with Gasteiger partial charge in [-0.15, -0.1) is 6.42 Å². The van der Waals surface area contributed by atoms with Crippen molar-refractivity contribution in [2.75, 3.05) is 13.2 Å².